The second-order valence-electron chi connectivity index (χ2n) is 5.70. The van der Waals surface area contributed by atoms with Gasteiger partial charge in [-0.1, -0.05) is 34.6 Å². The molecule has 5 heteroatoms. The van der Waals surface area contributed by atoms with E-state index in [1.165, 1.54) is 0 Å². The fourth-order valence-electron chi connectivity index (χ4n) is 1.25. The van der Waals surface area contributed by atoms with E-state index in [0.717, 1.165) is 12.2 Å². The highest BCUT2D eigenvalue weighted by atomic mass is 16.2. The number of H-pyrrole nitrogens is 1. The summed E-state index contributed by atoms with van der Waals surface area (Å²) < 4.78 is 0. The van der Waals surface area contributed by atoms with E-state index in [1.807, 2.05) is 20.8 Å². The van der Waals surface area contributed by atoms with E-state index >= 15 is 0 Å². The molecule has 17 heavy (non-hydrogen) atoms. The highest BCUT2D eigenvalue weighted by molar-refractivity contribution is 5.90. The zero-order valence-corrected chi connectivity index (χ0v) is 11.3. The Balaban J connectivity index is 2.56. The number of hydrogen-bond acceptors (Lipinski definition) is 3. The molecular formula is C12H22N4O. The van der Waals surface area contributed by atoms with Crippen molar-refractivity contribution in [1.29, 1.82) is 0 Å². The molecule has 5 nitrogen and oxygen atoms in total. The normalized spacial score (nSPS) is 11.9. The summed E-state index contributed by atoms with van der Waals surface area (Å²) >= 11 is 0. The topological polar surface area (TPSA) is 70.7 Å². The lowest BCUT2D eigenvalue weighted by Gasteiger charge is -2.12. The Kier molecular flexibility index (Phi) is 4.26. The number of nitrogens with one attached hydrogen (secondary N) is 2. The number of nitrogens with zero attached hydrogens (tertiary/aromatic N) is 2. The van der Waals surface area contributed by atoms with Crippen LogP contribution in [-0.2, 0) is 5.41 Å². The molecule has 0 aromatic carbocycles. The minimum atomic E-state index is -0.211. The third-order valence-corrected chi connectivity index (χ3v) is 2.41. The Morgan fingerprint density at radius 3 is 2.53 bits per heavy atom. The Morgan fingerprint density at radius 2 is 2.06 bits per heavy atom. The van der Waals surface area contributed by atoms with Crippen LogP contribution in [0, 0.1) is 5.92 Å². The van der Waals surface area contributed by atoms with Crippen LogP contribution >= 0.6 is 0 Å². The molecule has 0 aliphatic rings. The van der Waals surface area contributed by atoms with E-state index in [1.54, 1.807) is 0 Å². The molecule has 0 bridgehead atoms. The van der Waals surface area contributed by atoms with E-state index in [2.05, 4.69) is 34.3 Å². The van der Waals surface area contributed by atoms with Crippen molar-refractivity contribution in [3.63, 3.8) is 0 Å². The van der Waals surface area contributed by atoms with Crippen molar-refractivity contribution in [2.45, 2.75) is 46.5 Å². The number of aromatic nitrogens is 3. The summed E-state index contributed by atoms with van der Waals surface area (Å²) in [5, 5.41) is 9.55. The molecule has 0 atom stereocenters. The van der Waals surface area contributed by atoms with Gasteiger partial charge in [0.25, 0.3) is 5.91 Å². The van der Waals surface area contributed by atoms with E-state index in [4.69, 9.17) is 0 Å². The summed E-state index contributed by atoms with van der Waals surface area (Å²) in [6.07, 6.45) is 0.961. The number of rotatable bonds is 4. The molecule has 0 aliphatic heterocycles. The minimum Gasteiger partial charge on any atom is -0.349 e. The molecule has 1 heterocycles. The quantitative estimate of drug-likeness (QED) is 0.841. The van der Waals surface area contributed by atoms with Gasteiger partial charge in [-0.25, -0.2) is 4.98 Å². The molecule has 0 aliphatic carbocycles. The molecule has 1 aromatic rings. The lowest BCUT2D eigenvalue weighted by atomic mass is 9.96. The van der Waals surface area contributed by atoms with Crippen LogP contribution in [0.15, 0.2) is 0 Å². The number of hydrogen-bond donors (Lipinski definition) is 2. The Labute approximate surface area is 102 Å². The first-order valence-electron chi connectivity index (χ1n) is 6.02. The van der Waals surface area contributed by atoms with Gasteiger partial charge in [0.05, 0.1) is 0 Å². The van der Waals surface area contributed by atoms with Crippen LogP contribution in [-0.4, -0.2) is 27.6 Å². The Bertz CT molecular complexity index is 376. The summed E-state index contributed by atoms with van der Waals surface area (Å²) in [5.74, 6) is 1.31. The zero-order chi connectivity index (χ0) is 13.1. The van der Waals surface area contributed by atoms with E-state index in [0.29, 0.717) is 12.5 Å². The number of carbonyl (C=O) groups excluding carboxylic acids is 1. The Hall–Kier alpha value is -1.39. The summed E-state index contributed by atoms with van der Waals surface area (Å²) in [5.41, 5.74) is -0.122. The summed E-state index contributed by atoms with van der Waals surface area (Å²) in [6, 6.07) is 0. The molecule has 0 radical (unpaired) electrons. The predicted octanol–water partition coefficient (Wildman–Crippen LogP) is 1.88. The molecule has 0 spiro atoms. The second kappa shape index (κ2) is 5.29. The van der Waals surface area contributed by atoms with Crippen molar-refractivity contribution in [2.75, 3.05) is 6.54 Å². The van der Waals surface area contributed by atoms with E-state index in [9.17, 15) is 4.79 Å². The van der Waals surface area contributed by atoms with Gasteiger partial charge in [0.2, 0.25) is 5.82 Å². The van der Waals surface area contributed by atoms with Gasteiger partial charge >= 0.3 is 0 Å². The second-order valence-corrected chi connectivity index (χ2v) is 5.70. The van der Waals surface area contributed by atoms with Gasteiger partial charge in [0.1, 0.15) is 5.82 Å². The first-order chi connectivity index (χ1) is 7.80. The van der Waals surface area contributed by atoms with Crippen LogP contribution in [0.4, 0.5) is 0 Å². The van der Waals surface area contributed by atoms with Crippen LogP contribution in [0.25, 0.3) is 0 Å². The monoisotopic (exact) mass is 238 g/mol. The van der Waals surface area contributed by atoms with Gasteiger partial charge in [-0.3, -0.25) is 9.89 Å². The molecular weight excluding hydrogens is 216 g/mol. The fourth-order valence-corrected chi connectivity index (χ4v) is 1.25. The highest BCUT2D eigenvalue weighted by Gasteiger charge is 2.20. The van der Waals surface area contributed by atoms with Crippen molar-refractivity contribution >= 4 is 5.91 Å². The first-order valence-corrected chi connectivity index (χ1v) is 6.02. The summed E-state index contributed by atoms with van der Waals surface area (Å²) in [6.45, 7) is 11.0. The largest absolute Gasteiger partial charge is 0.349 e. The van der Waals surface area contributed by atoms with Gasteiger partial charge in [0, 0.05) is 12.0 Å². The predicted molar refractivity (Wildman–Crippen MR) is 66.9 cm³/mol. The molecule has 2 N–H and O–H groups in total. The van der Waals surface area contributed by atoms with Gasteiger partial charge in [0.15, 0.2) is 0 Å². The SMILES string of the molecule is CC(C)CCNC(=O)c1n[nH]c(C(C)(C)C)n1. The molecule has 96 valence electrons. The lowest BCUT2D eigenvalue weighted by molar-refractivity contribution is 0.0942. The molecule has 1 rings (SSSR count). The average molecular weight is 238 g/mol. The Morgan fingerprint density at radius 1 is 1.41 bits per heavy atom. The standard InChI is InChI=1S/C12H22N4O/c1-8(2)6-7-13-10(17)9-14-11(16-15-9)12(3,4)5/h8H,6-7H2,1-5H3,(H,13,17)(H,14,15,16). The van der Waals surface area contributed by atoms with Crippen LogP contribution in [0.3, 0.4) is 0 Å². The molecule has 0 saturated carbocycles. The third kappa shape index (κ3) is 4.17. The van der Waals surface area contributed by atoms with Crippen molar-refractivity contribution in [1.82, 2.24) is 20.5 Å². The molecule has 1 amide bonds. The van der Waals surface area contributed by atoms with Crippen LogP contribution < -0.4 is 5.32 Å². The number of carbonyl (C=O) groups is 1. The molecule has 0 saturated heterocycles. The summed E-state index contributed by atoms with van der Waals surface area (Å²) in [4.78, 5) is 15.9. The summed E-state index contributed by atoms with van der Waals surface area (Å²) in [7, 11) is 0. The third-order valence-electron chi connectivity index (χ3n) is 2.41. The highest BCUT2D eigenvalue weighted by Crippen LogP contribution is 2.17. The van der Waals surface area contributed by atoms with Crippen molar-refractivity contribution in [3.05, 3.63) is 11.6 Å². The van der Waals surface area contributed by atoms with E-state index < -0.39 is 0 Å². The van der Waals surface area contributed by atoms with Gasteiger partial charge in [-0.15, -0.1) is 5.10 Å². The van der Waals surface area contributed by atoms with Gasteiger partial charge < -0.3 is 5.32 Å². The van der Waals surface area contributed by atoms with Crippen LogP contribution in [0.2, 0.25) is 0 Å². The smallest absolute Gasteiger partial charge is 0.290 e. The maximum atomic E-state index is 11.7. The molecule has 0 unspecified atom stereocenters. The maximum absolute atomic E-state index is 11.7. The van der Waals surface area contributed by atoms with Crippen LogP contribution in [0.1, 0.15) is 57.5 Å². The number of aromatic amines is 1. The van der Waals surface area contributed by atoms with Crippen molar-refractivity contribution < 1.29 is 4.79 Å². The number of amides is 1. The fraction of sp³-hybridized carbons (Fsp3) is 0.750. The molecule has 1 aromatic heterocycles. The van der Waals surface area contributed by atoms with Gasteiger partial charge in [-0.05, 0) is 12.3 Å². The first kappa shape index (κ1) is 13.7. The van der Waals surface area contributed by atoms with E-state index in [-0.39, 0.29) is 17.1 Å². The zero-order valence-electron chi connectivity index (χ0n) is 11.3. The maximum Gasteiger partial charge on any atom is 0.290 e. The lowest BCUT2D eigenvalue weighted by Crippen LogP contribution is -2.26. The van der Waals surface area contributed by atoms with Crippen molar-refractivity contribution in [2.24, 2.45) is 5.92 Å². The van der Waals surface area contributed by atoms with Crippen molar-refractivity contribution in [3.8, 4) is 0 Å². The average Bonchev–Trinajstić information content (AvgIpc) is 2.64. The van der Waals surface area contributed by atoms with Gasteiger partial charge in [-0.2, -0.15) is 0 Å². The van der Waals surface area contributed by atoms with Crippen LogP contribution in [0.5, 0.6) is 0 Å². The molecule has 0 fully saturated rings. The minimum absolute atomic E-state index is 0.122.